The van der Waals surface area contributed by atoms with Gasteiger partial charge in [-0.2, -0.15) is 13.2 Å². The molecule has 0 amide bonds. The Labute approximate surface area is 154 Å². The molecule has 0 radical (unpaired) electrons. The number of benzene rings is 2. The van der Waals surface area contributed by atoms with E-state index in [1.54, 1.807) is 0 Å². The van der Waals surface area contributed by atoms with Crippen molar-refractivity contribution in [3.8, 4) is 0 Å². The molecule has 2 aromatic carbocycles. The Morgan fingerprint density at radius 3 is 2.04 bits per heavy atom. The summed E-state index contributed by atoms with van der Waals surface area (Å²) in [5.74, 6) is 0. The highest BCUT2D eigenvalue weighted by molar-refractivity contribution is 8.14. The van der Waals surface area contributed by atoms with Gasteiger partial charge in [-0.25, -0.2) is 16.8 Å². The Kier molecular flexibility index (Phi) is 6.01. The van der Waals surface area contributed by atoms with Crippen LogP contribution in [0.25, 0.3) is 0 Å². The number of hydrogen-bond acceptors (Lipinski definition) is 5. The fourth-order valence-corrected chi connectivity index (χ4v) is 5.74. The maximum Gasteiger partial charge on any atom is 0.416 e. The molecule has 0 saturated heterocycles. The van der Waals surface area contributed by atoms with E-state index in [0.717, 1.165) is 12.1 Å². The average molecular weight is 420 g/mol. The lowest BCUT2D eigenvalue weighted by Gasteiger charge is -2.12. The lowest BCUT2D eigenvalue weighted by Crippen LogP contribution is -2.16. The zero-order valence-electron chi connectivity index (χ0n) is 14.0. The fraction of sp³-hybridized carbons (Fsp3) is 0.176. The van der Waals surface area contributed by atoms with Gasteiger partial charge >= 0.3 is 6.18 Å². The maximum absolute atomic E-state index is 12.9. The zero-order valence-corrected chi connectivity index (χ0v) is 15.6. The fourth-order valence-electron chi connectivity index (χ4n) is 2.09. The molecule has 0 aliphatic carbocycles. The molecule has 0 heterocycles. The maximum atomic E-state index is 12.9. The van der Waals surface area contributed by atoms with Crippen LogP contribution in [0, 0.1) is 0 Å². The van der Waals surface area contributed by atoms with Crippen molar-refractivity contribution < 1.29 is 34.7 Å². The third kappa shape index (κ3) is 4.51. The van der Waals surface area contributed by atoms with Gasteiger partial charge in [-0.05, 0) is 37.3 Å². The topological polar surface area (TPSA) is 77.5 Å². The van der Waals surface area contributed by atoms with E-state index in [1.807, 2.05) is 0 Å². The average Bonchev–Trinajstić information content (AvgIpc) is 2.62. The van der Waals surface area contributed by atoms with Crippen molar-refractivity contribution in [1.29, 1.82) is 0 Å². The Morgan fingerprint density at radius 2 is 1.48 bits per heavy atom. The van der Waals surface area contributed by atoms with Gasteiger partial charge in [-0.3, -0.25) is 0 Å². The van der Waals surface area contributed by atoms with Gasteiger partial charge < -0.3 is 4.74 Å². The van der Waals surface area contributed by atoms with E-state index in [1.165, 1.54) is 37.3 Å². The number of hydrogen-bond donors (Lipinski definition) is 0. The summed E-state index contributed by atoms with van der Waals surface area (Å²) in [7, 11) is -9.37. The third-order valence-corrected chi connectivity index (χ3v) is 7.74. The molecule has 0 bridgehead atoms. The summed E-state index contributed by atoms with van der Waals surface area (Å²) in [6.07, 6.45) is -4.24. The largest absolute Gasteiger partial charge is 0.499 e. The molecule has 0 fully saturated rings. The highest BCUT2D eigenvalue weighted by Gasteiger charge is 2.37. The molecule has 0 N–H and O–H groups in total. The highest BCUT2D eigenvalue weighted by atomic mass is 32.3. The number of sulfone groups is 2. The SMILES string of the molecule is CCOC=C(S(=O)(=O)c1ccccc1)S(=O)(=O)c1cccc(C(F)(F)F)c1. The Balaban J connectivity index is 2.68. The molecule has 0 unspecified atom stereocenters. The minimum Gasteiger partial charge on any atom is -0.499 e. The van der Waals surface area contributed by atoms with Crippen molar-refractivity contribution in [2.24, 2.45) is 0 Å². The van der Waals surface area contributed by atoms with E-state index < -0.39 is 40.5 Å². The molecule has 0 spiro atoms. The normalized spacial score (nSPS) is 13.4. The second-order valence-corrected chi connectivity index (χ2v) is 9.33. The Morgan fingerprint density at radius 1 is 0.926 bits per heavy atom. The van der Waals surface area contributed by atoms with Crippen LogP contribution < -0.4 is 0 Å². The van der Waals surface area contributed by atoms with Gasteiger partial charge in [0.25, 0.3) is 0 Å². The Hall–Kier alpha value is -2.33. The highest BCUT2D eigenvalue weighted by Crippen LogP contribution is 2.34. The molecule has 0 aliphatic heterocycles. The summed E-state index contributed by atoms with van der Waals surface area (Å²) in [6, 6.07) is 9.53. The van der Waals surface area contributed by atoms with Crippen molar-refractivity contribution in [2.75, 3.05) is 6.61 Å². The van der Waals surface area contributed by atoms with Crippen molar-refractivity contribution >= 4 is 19.7 Å². The smallest absolute Gasteiger partial charge is 0.416 e. The standard InChI is InChI=1S/C17H15F3O5S2/c1-2-25-12-16(26(21,22)14-8-4-3-5-9-14)27(23,24)15-10-6-7-13(11-15)17(18,19)20/h3-12H,2H2,1H3. The van der Waals surface area contributed by atoms with Crippen LogP contribution in [0.2, 0.25) is 0 Å². The van der Waals surface area contributed by atoms with Crippen LogP contribution in [0.4, 0.5) is 13.2 Å². The van der Waals surface area contributed by atoms with Gasteiger partial charge in [0.2, 0.25) is 23.9 Å². The predicted molar refractivity (Wildman–Crippen MR) is 92.0 cm³/mol. The first kappa shape index (κ1) is 21.0. The lowest BCUT2D eigenvalue weighted by molar-refractivity contribution is -0.137. The van der Waals surface area contributed by atoms with Crippen LogP contribution in [-0.2, 0) is 30.6 Å². The predicted octanol–water partition coefficient (Wildman–Crippen LogP) is 3.79. The van der Waals surface area contributed by atoms with Crippen molar-refractivity contribution in [3.63, 3.8) is 0 Å². The first-order chi connectivity index (χ1) is 12.5. The van der Waals surface area contributed by atoms with Crippen molar-refractivity contribution in [3.05, 3.63) is 70.7 Å². The molecule has 2 aromatic rings. The summed E-state index contributed by atoms with van der Waals surface area (Å²) in [4.78, 5) is -1.13. The molecule has 146 valence electrons. The van der Waals surface area contributed by atoms with Gasteiger partial charge in [0.15, 0.2) is 0 Å². The molecule has 0 aromatic heterocycles. The quantitative estimate of drug-likeness (QED) is 0.665. The van der Waals surface area contributed by atoms with Gasteiger partial charge in [0.1, 0.15) is 6.26 Å². The number of ether oxygens (including phenoxy) is 1. The third-order valence-electron chi connectivity index (χ3n) is 3.40. The number of alkyl halides is 3. The van der Waals surface area contributed by atoms with Crippen LogP contribution >= 0.6 is 0 Å². The van der Waals surface area contributed by atoms with Crippen molar-refractivity contribution in [2.45, 2.75) is 22.9 Å². The minimum atomic E-state index is -4.81. The molecule has 2 rings (SSSR count). The van der Waals surface area contributed by atoms with Crippen LogP contribution in [0.5, 0.6) is 0 Å². The second kappa shape index (κ2) is 7.73. The molecule has 0 saturated carbocycles. The van der Waals surface area contributed by atoms with Crippen LogP contribution in [0.1, 0.15) is 12.5 Å². The van der Waals surface area contributed by atoms with E-state index in [4.69, 9.17) is 4.74 Å². The first-order valence-electron chi connectivity index (χ1n) is 7.55. The Bertz CT molecular complexity index is 1040. The number of halogens is 3. The van der Waals surface area contributed by atoms with Gasteiger partial charge in [0, 0.05) is 0 Å². The monoisotopic (exact) mass is 420 g/mol. The second-order valence-electron chi connectivity index (χ2n) is 5.24. The van der Waals surface area contributed by atoms with Crippen LogP contribution in [-0.4, -0.2) is 23.4 Å². The minimum absolute atomic E-state index is 0.0358. The van der Waals surface area contributed by atoms with Crippen LogP contribution in [0.15, 0.2) is 74.9 Å². The molecule has 0 aliphatic rings. The molecule has 10 heteroatoms. The van der Waals surface area contributed by atoms with E-state index in [0.29, 0.717) is 18.4 Å². The van der Waals surface area contributed by atoms with Gasteiger partial charge in [-0.1, -0.05) is 24.3 Å². The summed E-state index contributed by atoms with van der Waals surface area (Å²) >= 11 is 0. The molecule has 5 nitrogen and oxygen atoms in total. The molecule has 0 atom stereocenters. The summed E-state index contributed by atoms with van der Waals surface area (Å²) in [5.41, 5.74) is -1.21. The summed E-state index contributed by atoms with van der Waals surface area (Å²) in [5, 5.41) is 0. The molecule has 27 heavy (non-hydrogen) atoms. The van der Waals surface area contributed by atoms with E-state index in [9.17, 15) is 30.0 Å². The first-order valence-corrected chi connectivity index (χ1v) is 10.5. The van der Waals surface area contributed by atoms with Gasteiger partial charge in [-0.15, -0.1) is 0 Å². The molecular weight excluding hydrogens is 405 g/mol. The van der Waals surface area contributed by atoms with E-state index in [2.05, 4.69) is 0 Å². The zero-order chi connectivity index (χ0) is 20.3. The lowest BCUT2D eigenvalue weighted by atomic mass is 10.2. The van der Waals surface area contributed by atoms with Crippen molar-refractivity contribution in [1.82, 2.24) is 0 Å². The van der Waals surface area contributed by atoms with Gasteiger partial charge in [0.05, 0.1) is 22.0 Å². The van der Waals surface area contributed by atoms with E-state index in [-0.39, 0.29) is 11.5 Å². The van der Waals surface area contributed by atoms with E-state index >= 15 is 0 Å². The van der Waals surface area contributed by atoms with Crippen LogP contribution in [0.3, 0.4) is 0 Å². The number of rotatable bonds is 6. The summed E-state index contributed by atoms with van der Waals surface area (Å²) in [6.45, 7) is 1.46. The molecular formula is C17H15F3O5S2. The summed E-state index contributed by atoms with van der Waals surface area (Å²) < 4.78 is 93.7.